The number of pyridine rings is 1. The SMILES string of the molecule is Cc1ccc(-c2nc(C)n(C3CC3)c2N)cn1. The second-order valence-electron chi connectivity index (χ2n) is 4.68. The predicted octanol–water partition coefficient (Wildman–Crippen LogP) is 2.48. The van der Waals surface area contributed by atoms with Crippen LogP contribution in [0.1, 0.15) is 30.4 Å². The van der Waals surface area contributed by atoms with E-state index in [1.54, 1.807) is 0 Å². The normalized spacial score (nSPS) is 15.2. The zero-order valence-electron chi connectivity index (χ0n) is 10.1. The lowest BCUT2D eigenvalue weighted by molar-refractivity contribution is 0.720. The van der Waals surface area contributed by atoms with Gasteiger partial charge in [-0.15, -0.1) is 0 Å². The van der Waals surface area contributed by atoms with Crippen LogP contribution in [0.25, 0.3) is 11.3 Å². The first-order chi connectivity index (χ1) is 8.16. The molecule has 4 nitrogen and oxygen atoms in total. The molecule has 2 N–H and O–H groups in total. The quantitative estimate of drug-likeness (QED) is 0.859. The van der Waals surface area contributed by atoms with Crippen LogP contribution in [-0.2, 0) is 0 Å². The molecule has 2 heterocycles. The van der Waals surface area contributed by atoms with Crippen LogP contribution >= 0.6 is 0 Å². The van der Waals surface area contributed by atoms with E-state index in [9.17, 15) is 0 Å². The summed E-state index contributed by atoms with van der Waals surface area (Å²) in [6, 6.07) is 4.58. The fraction of sp³-hybridized carbons (Fsp3) is 0.385. The molecule has 88 valence electrons. The van der Waals surface area contributed by atoms with Crippen LogP contribution in [0.4, 0.5) is 5.82 Å². The fourth-order valence-electron chi connectivity index (χ4n) is 2.18. The smallest absolute Gasteiger partial charge is 0.132 e. The van der Waals surface area contributed by atoms with Gasteiger partial charge in [0.1, 0.15) is 17.3 Å². The zero-order valence-corrected chi connectivity index (χ0v) is 10.1. The second-order valence-corrected chi connectivity index (χ2v) is 4.68. The van der Waals surface area contributed by atoms with E-state index in [4.69, 9.17) is 5.73 Å². The topological polar surface area (TPSA) is 56.7 Å². The largest absolute Gasteiger partial charge is 0.383 e. The van der Waals surface area contributed by atoms with Crippen molar-refractivity contribution in [3.05, 3.63) is 29.8 Å². The van der Waals surface area contributed by atoms with Crippen LogP contribution in [0, 0.1) is 13.8 Å². The van der Waals surface area contributed by atoms with Crippen LogP contribution in [0.2, 0.25) is 0 Å². The van der Waals surface area contributed by atoms with Crippen LogP contribution < -0.4 is 5.73 Å². The Bertz CT molecular complexity index is 550. The molecule has 2 aromatic heterocycles. The molecular formula is C13H16N4. The lowest BCUT2D eigenvalue weighted by Gasteiger charge is -2.05. The van der Waals surface area contributed by atoms with Gasteiger partial charge in [0.25, 0.3) is 0 Å². The Hall–Kier alpha value is -1.84. The van der Waals surface area contributed by atoms with Gasteiger partial charge in [0.2, 0.25) is 0 Å². The number of aryl methyl sites for hydroxylation is 2. The van der Waals surface area contributed by atoms with Gasteiger partial charge in [0.05, 0.1) is 0 Å². The Morgan fingerprint density at radius 3 is 2.65 bits per heavy atom. The fourth-order valence-corrected chi connectivity index (χ4v) is 2.18. The van der Waals surface area contributed by atoms with Gasteiger partial charge in [-0.2, -0.15) is 0 Å². The van der Waals surface area contributed by atoms with Crippen molar-refractivity contribution in [1.29, 1.82) is 0 Å². The van der Waals surface area contributed by atoms with Gasteiger partial charge in [-0.3, -0.25) is 4.98 Å². The Morgan fingerprint density at radius 2 is 2.06 bits per heavy atom. The average Bonchev–Trinajstić information content (AvgIpc) is 3.08. The number of aromatic nitrogens is 3. The number of rotatable bonds is 2. The summed E-state index contributed by atoms with van der Waals surface area (Å²) in [6.45, 7) is 3.99. The van der Waals surface area contributed by atoms with E-state index < -0.39 is 0 Å². The highest BCUT2D eigenvalue weighted by Gasteiger charge is 2.28. The summed E-state index contributed by atoms with van der Waals surface area (Å²) in [5, 5.41) is 0. The molecule has 0 radical (unpaired) electrons. The molecule has 2 aromatic rings. The second kappa shape index (κ2) is 3.58. The lowest BCUT2D eigenvalue weighted by atomic mass is 10.2. The molecule has 0 atom stereocenters. The minimum absolute atomic E-state index is 0.564. The van der Waals surface area contributed by atoms with Gasteiger partial charge in [-0.1, -0.05) is 0 Å². The van der Waals surface area contributed by atoms with E-state index in [1.165, 1.54) is 12.8 Å². The van der Waals surface area contributed by atoms with E-state index in [1.807, 2.05) is 32.2 Å². The molecule has 0 spiro atoms. The summed E-state index contributed by atoms with van der Waals surface area (Å²) in [5.74, 6) is 1.77. The molecule has 0 bridgehead atoms. The van der Waals surface area contributed by atoms with Crippen LogP contribution in [0.3, 0.4) is 0 Å². The predicted molar refractivity (Wildman–Crippen MR) is 67.6 cm³/mol. The summed E-state index contributed by atoms with van der Waals surface area (Å²) < 4.78 is 2.15. The third kappa shape index (κ3) is 1.69. The van der Waals surface area contributed by atoms with Crippen LogP contribution in [0.5, 0.6) is 0 Å². The average molecular weight is 228 g/mol. The number of nitrogens with zero attached hydrogens (tertiary/aromatic N) is 3. The monoisotopic (exact) mass is 228 g/mol. The Balaban J connectivity index is 2.08. The molecule has 17 heavy (non-hydrogen) atoms. The third-order valence-corrected chi connectivity index (χ3v) is 3.22. The molecule has 0 aliphatic heterocycles. The highest BCUT2D eigenvalue weighted by atomic mass is 15.2. The zero-order chi connectivity index (χ0) is 12.0. The van der Waals surface area contributed by atoms with E-state index in [2.05, 4.69) is 14.5 Å². The van der Waals surface area contributed by atoms with E-state index in [0.717, 1.165) is 28.6 Å². The molecule has 0 unspecified atom stereocenters. The van der Waals surface area contributed by atoms with E-state index in [-0.39, 0.29) is 0 Å². The maximum absolute atomic E-state index is 6.19. The first-order valence-electron chi connectivity index (χ1n) is 5.94. The van der Waals surface area contributed by atoms with Crippen molar-refractivity contribution in [2.45, 2.75) is 32.7 Å². The molecule has 1 aliphatic rings. The molecule has 4 heteroatoms. The Kier molecular flexibility index (Phi) is 2.18. The first-order valence-corrected chi connectivity index (χ1v) is 5.94. The van der Waals surface area contributed by atoms with Crippen molar-refractivity contribution in [2.75, 3.05) is 5.73 Å². The minimum Gasteiger partial charge on any atom is -0.383 e. The molecule has 0 amide bonds. The van der Waals surface area contributed by atoms with Crippen molar-refractivity contribution in [3.63, 3.8) is 0 Å². The molecule has 3 rings (SSSR count). The number of nitrogen functional groups attached to an aromatic ring is 1. The maximum Gasteiger partial charge on any atom is 0.132 e. The van der Waals surface area contributed by atoms with Crippen molar-refractivity contribution in [1.82, 2.24) is 14.5 Å². The van der Waals surface area contributed by atoms with Crippen molar-refractivity contribution < 1.29 is 0 Å². The maximum atomic E-state index is 6.19. The number of nitrogens with two attached hydrogens (primary N) is 1. The molecule has 1 fully saturated rings. The summed E-state index contributed by atoms with van der Waals surface area (Å²) >= 11 is 0. The Morgan fingerprint density at radius 1 is 1.29 bits per heavy atom. The number of hydrogen-bond acceptors (Lipinski definition) is 3. The number of anilines is 1. The summed E-state index contributed by atoms with van der Waals surface area (Å²) in [6.07, 6.45) is 4.27. The van der Waals surface area contributed by atoms with E-state index >= 15 is 0 Å². The van der Waals surface area contributed by atoms with Gasteiger partial charge in [-0.05, 0) is 38.8 Å². The van der Waals surface area contributed by atoms with Crippen LogP contribution in [0.15, 0.2) is 18.3 Å². The standard InChI is InChI=1S/C13H16N4/c1-8-3-4-10(7-15-8)12-13(14)17(9(2)16-12)11-5-6-11/h3-4,7,11H,5-6,14H2,1-2H3. The van der Waals surface area contributed by atoms with Crippen molar-refractivity contribution in [2.24, 2.45) is 0 Å². The minimum atomic E-state index is 0.564. The van der Waals surface area contributed by atoms with Crippen LogP contribution in [-0.4, -0.2) is 14.5 Å². The van der Waals surface area contributed by atoms with Gasteiger partial charge in [0.15, 0.2) is 0 Å². The molecule has 0 saturated heterocycles. The molecule has 1 aliphatic carbocycles. The van der Waals surface area contributed by atoms with E-state index in [0.29, 0.717) is 6.04 Å². The third-order valence-electron chi connectivity index (χ3n) is 3.22. The number of hydrogen-bond donors (Lipinski definition) is 1. The Labute approximate surface area is 101 Å². The highest BCUT2D eigenvalue weighted by molar-refractivity contribution is 5.70. The first kappa shape index (κ1) is 10.3. The van der Waals surface area contributed by atoms with Gasteiger partial charge in [-0.25, -0.2) is 4.98 Å². The van der Waals surface area contributed by atoms with Gasteiger partial charge >= 0.3 is 0 Å². The van der Waals surface area contributed by atoms with Crippen molar-refractivity contribution in [3.8, 4) is 11.3 Å². The molecule has 1 saturated carbocycles. The lowest BCUT2D eigenvalue weighted by Crippen LogP contribution is -2.02. The summed E-state index contributed by atoms with van der Waals surface area (Å²) in [5.41, 5.74) is 9.05. The van der Waals surface area contributed by atoms with Crippen molar-refractivity contribution >= 4 is 5.82 Å². The summed E-state index contributed by atoms with van der Waals surface area (Å²) in [7, 11) is 0. The van der Waals surface area contributed by atoms with Gasteiger partial charge < -0.3 is 10.3 Å². The number of imidazole rings is 1. The molecule has 0 aromatic carbocycles. The highest BCUT2D eigenvalue weighted by Crippen LogP contribution is 2.40. The van der Waals surface area contributed by atoms with Gasteiger partial charge in [0, 0.05) is 23.5 Å². The summed E-state index contributed by atoms with van der Waals surface area (Å²) in [4.78, 5) is 8.86. The molecular weight excluding hydrogens is 212 g/mol.